The summed E-state index contributed by atoms with van der Waals surface area (Å²) in [6.07, 6.45) is 2.30. The van der Waals surface area contributed by atoms with Gasteiger partial charge in [-0.05, 0) is 59.9 Å². The van der Waals surface area contributed by atoms with E-state index in [9.17, 15) is 19.5 Å². The molecule has 2 aliphatic rings. The topological polar surface area (TPSA) is 105 Å². The van der Waals surface area contributed by atoms with Gasteiger partial charge in [0.2, 0.25) is 0 Å². The molecule has 8 nitrogen and oxygen atoms in total. The molecule has 5 rings (SSSR count). The second kappa shape index (κ2) is 12.2. The van der Waals surface area contributed by atoms with Crippen LogP contribution < -0.4 is 5.48 Å². The Morgan fingerprint density at radius 2 is 1.77 bits per heavy atom. The quantitative estimate of drug-likeness (QED) is 0.311. The van der Waals surface area contributed by atoms with Gasteiger partial charge in [0.25, 0.3) is 11.8 Å². The molecule has 3 aromatic rings. The second-order valence-corrected chi connectivity index (χ2v) is 10.6. The molecule has 1 fully saturated rings. The van der Waals surface area contributed by atoms with E-state index in [4.69, 9.17) is 21.2 Å². The molecule has 1 heterocycles. The van der Waals surface area contributed by atoms with E-state index in [1.807, 2.05) is 12.1 Å². The van der Waals surface area contributed by atoms with Crippen LogP contribution in [0.25, 0.3) is 0 Å². The fourth-order valence-corrected chi connectivity index (χ4v) is 5.92. The standard InChI is InChI=1S/C31H31ClN2O6/c1-39-31(38)21-8-6-7-19(17-21)18-40-33-29(36)27-23-9-2-3-10-24(23)30(37)34(25-11-4-5-12-26(25)35)28(27)20-13-15-22(32)16-14-20/h2-3,6-10,13-17,25-28,35H,4-5,11-12,18H2,1H3,(H,33,36)/t25-,26-,27+,28-/m0/s1. The molecule has 0 spiro atoms. The van der Waals surface area contributed by atoms with Gasteiger partial charge >= 0.3 is 5.97 Å². The zero-order valence-corrected chi connectivity index (χ0v) is 22.8. The maximum Gasteiger partial charge on any atom is 0.337 e. The molecular weight excluding hydrogens is 532 g/mol. The Kier molecular flexibility index (Phi) is 8.49. The summed E-state index contributed by atoms with van der Waals surface area (Å²) < 4.78 is 4.78. The van der Waals surface area contributed by atoms with Crippen molar-refractivity contribution < 1.29 is 29.1 Å². The van der Waals surface area contributed by atoms with E-state index in [-0.39, 0.29) is 12.5 Å². The number of carbonyl (C=O) groups is 3. The van der Waals surface area contributed by atoms with Gasteiger partial charge in [-0.25, -0.2) is 10.3 Å². The van der Waals surface area contributed by atoms with Gasteiger partial charge in [-0.2, -0.15) is 0 Å². The maximum atomic E-state index is 14.0. The lowest BCUT2D eigenvalue weighted by atomic mass is 9.77. The smallest absolute Gasteiger partial charge is 0.337 e. The van der Waals surface area contributed by atoms with E-state index >= 15 is 0 Å². The van der Waals surface area contributed by atoms with Crippen LogP contribution in [0.15, 0.2) is 72.8 Å². The summed E-state index contributed by atoms with van der Waals surface area (Å²) in [5, 5.41) is 11.5. The van der Waals surface area contributed by atoms with Crippen LogP contribution in [0.4, 0.5) is 0 Å². The monoisotopic (exact) mass is 562 g/mol. The molecule has 3 aromatic carbocycles. The Hall–Kier alpha value is -3.72. The lowest BCUT2D eigenvalue weighted by Crippen LogP contribution is -2.55. The van der Waals surface area contributed by atoms with Gasteiger partial charge in [-0.3, -0.25) is 14.4 Å². The highest BCUT2D eigenvalue weighted by atomic mass is 35.5. The highest BCUT2D eigenvalue weighted by molar-refractivity contribution is 6.30. The minimum atomic E-state index is -0.814. The lowest BCUT2D eigenvalue weighted by Gasteiger charge is -2.48. The number of amides is 2. The fourth-order valence-electron chi connectivity index (χ4n) is 5.79. The van der Waals surface area contributed by atoms with Gasteiger partial charge in [-0.15, -0.1) is 0 Å². The van der Waals surface area contributed by atoms with Gasteiger partial charge < -0.3 is 14.7 Å². The molecular formula is C31H31ClN2O6. The SMILES string of the molecule is COC(=O)c1cccc(CONC(=O)[C@@H]2c3ccccc3C(=O)N([C@H]3CCCC[C@@H]3O)[C@H]2c2ccc(Cl)cc2)c1. The number of carbonyl (C=O) groups excluding carboxylic acids is 3. The number of benzene rings is 3. The summed E-state index contributed by atoms with van der Waals surface area (Å²) >= 11 is 6.19. The van der Waals surface area contributed by atoms with Crippen molar-refractivity contribution in [1.82, 2.24) is 10.4 Å². The van der Waals surface area contributed by atoms with Gasteiger partial charge in [0, 0.05) is 10.6 Å². The Labute approximate surface area is 237 Å². The van der Waals surface area contributed by atoms with E-state index in [0.717, 1.165) is 18.4 Å². The third kappa shape index (κ3) is 5.61. The van der Waals surface area contributed by atoms with Crippen LogP contribution in [0.3, 0.4) is 0 Å². The normalized spacial score (nSPS) is 22.4. The number of hydrogen-bond donors (Lipinski definition) is 2. The van der Waals surface area contributed by atoms with Crippen LogP contribution in [0.5, 0.6) is 0 Å². The maximum absolute atomic E-state index is 14.0. The Balaban J connectivity index is 1.48. The first-order valence-corrected chi connectivity index (χ1v) is 13.7. The van der Waals surface area contributed by atoms with Crippen LogP contribution in [-0.2, 0) is 21.0 Å². The number of hydroxylamine groups is 1. The van der Waals surface area contributed by atoms with Crippen molar-refractivity contribution in [2.24, 2.45) is 0 Å². The molecule has 2 amide bonds. The van der Waals surface area contributed by atoms with E-state index in [2.05, 4.69) is 5.48 Å². The molecule has 4 atom stereocenters. The Morgan fingerprint density at radius 3 is 2.52 bits per heavy atom. The van der Waals surface area contributed by atoms with Crippen LogP contribution in [0.1, 0.15) is 75.0 Å². The van der Waals surface area contributed by atoms with Crippen molar-refractivity contribution in [1.29, 1.82) is 0 Å². The number of halogens is 1. The van der Waals surface area contributed by atoms with E-state index in [1.165, 1.54) is 7.11 Å². The molecule has 9 heteroatoms. The van der Waals surface area contributed by atoms with Gasteiger partial charge in [0.05, 0.1) is 43.4 Å². The van der Waals surface area contributed by atoms with Crippen LogP contribution in [0, 0.1) is 0 Å². The summed E-state index contributed by atoms with van der Waals surface area (Å²) in [5.74, 6) is -1.93. The third-order valence-corrected chi connectivity index (χ3v) is 7.93. The van der Waals surface area contributed by atoms with Crippen molar-refractivity contribution in [3.05, 3.63) is 106 Å². The molecule has 1 aliphatic carbocycles. The number of nitrogens with zero attached hydrogens (tertiary/aromatic N) is 1. The molecule has 0 bridgehead atoms. The molecule has 0 saturated heterocycles. The van der Waals surface area contributed by atoms with Crippen LogP contribution >= 0.6 is 11.6 Å². The first-order valence-electron chi connectivity index (χ1n) is 13.3. The largest absolute Gasteiger partial charge is 0.465 e. The van der Waals surface area contributed by atoms with Crippen molar-refractivity contribution in [2.45, 2.75) is 56.4 Å². The number of fused-ring (bicyclic) bond motifs is 1. The van der Waals surface area contributed by atoms with Crippen molar-refractivity contribution in [3.8, 4) is 0 Å². The first kappa shape index (κ1) is 27.8. The molecule has 0 radical (unpaired) electrons. The minimum absolute atomic E-state index is 0.0144. The average molecular weight is 563 g/mol. The number of ether oxygens (including phenoxy) is 1. The fraction of sp³-hybridized carbons (Fsp3) is 0.323. The summed E-state index contributed by atoms with van der Waals surface area (Å²) in [6, 6.07) is 19.8. The predicted molar refractivity (Wildman–Crippen MR) is 149 cm³/mol. The Morgan fingerprint density at radius 1 is 1.02 bits per heavy atom. The number of hydrogen-bond acceptors (Lipinski definition) is 6. The van der Waals surface area contributed by atoms with Gasteiger partial charge in [0.1, 0.15) is 0 Å². The number of aliphatic hydroxyl groups excluding tert-OH is 1. The third-order valence-electron chi connectivity index (χ3n) is 7.68. The second-order valence-electron chi connectivity index (χ2n) is 10.1. The minimum Gasteiger partial charge on any atom is -0.465 e. The number of methoxy groups -OCH3 is 1. The highest BCUT2D eigenvalue weighted by Gasteiger charge is 2.48. The molecule has 0 unspecified atom stereocenters. The molecule has 1 aliphatic heterocycles. The van der Waals surface area contributed by atoms with Crippen molar-refractivity contribution in [3.63, 3.8) is 0 Å². The van der Waals surface area contributed by atoms with Crippen LogP contribution in [0.2, 0.25) is 5.02 Å². The molecule has 1 saturated carbocycles. The number of rotatable bonds is 7. The van der Waals surface area contributed by atoms with Gasteiger partial charge in [0.15, 0.2) is 0 Å². The van der Waals surface area contributed by atoms with Crippen LogP contribution in [-0.4, -0.2) is 47.0 Å². The first-order chi connectivity index (χ1) is 19.4. The summed E-state index contributed by atoms with van der Waals surface area (Å²) in [7, 11) is 1.31. The van der Waals surface area contributed by atoms with Crippen molar-refractivity contribution in [2.75, 3.05) is 7.11 Å². The molecule has 0 aromatic heterocycles. The zero-order valence-electron chi connectivity index (χ0n) is 22.1. The molecule has 2 N–H and O–H groups in total. The van der Waals surface area contributed by atoms with Crippen molar-refractivity contribution >= 4 is 29.4 Å². The van der Waals surface area contributed by atoms with E-state index in [0.29, 0.717) is 40.1 Å². The summed E-state index contributed by atoms with van der Waals surface area (Å²) in [6.45, 7) is 0.0144. The summed E-state index contributed by atoms with van der Waals surface area (Å²) in [4.78, 5) is 47.1. The lowest BCUT2D eigenvalue weighted by molar-refractivity contribution is -0.138. The Bertz CT molecular complexity index is 1390. The average Bonchev–Trinajstić information content (AvgIpc) is 2.98. The number of nitrogens with one attached hydrogen (secondary N) is 1. The molecule has 40 heavy (non-hydrogen) atoms. The number of aliphatic hydroxyl groups is 1. The zero-order chi connectivity index (χ0) is 28.2. The molecule has 208 valence electrons. The predicted octanol–water partition coefficient (Wildman–Crippen LogP) is 4.96. The van der Waals surface area contributed by atoms with E-state index < -0.39 is 36.0 Å². The number of esters is 1. The summed E-state index contributed by atoms with van der Waals surface area (Å²) in [5.41, 5.74) is 5.37. The highest BCUT2D eigenvalue weighted by Crippen LogP contribution is 2.46. The van der Waals surface area contributed by atoms with Gasteiger partial charge in [-0.1, -0.05) is 66.9 Å². The van der Waals surface area contributed by atoms with E-state index in [1.54, 1.807) is 65.6 Å².